The van der Waals surface area contributed by atoms with Crippen molar-refractivity contribution in [2.24, 2.45) is 0 Å². The van der Waals surface area contributed by atoms with E-state index in [1.165, 1.54) is 0 Å². The molecule has 1 aromatic rings. The summed E-state index contributed by atoms with van der Waals surface area (Å²) in [6, 6.07) is 6.83. The Morgan fingerprint density at radius 2 is 1.86 bits per heavy atom. The van der Waals surface area contributed by atoms with E-state index in [0.29, 0.717) is 11.8 Å². The molecule has 0 saturated heterocycles. The number of hydrogen-bond acceptors (Lipinski definition) is 3. The molecule has 0 aromatic heterocycles. The molecule has 0 heterocycles. The van der Waals surface area contributed by atoms with E-state index in [9.17, 15) is 9.90 Å². The third-order valence-corrected chi connectivity index (χ3v) is 1.72. The standard InChI is InChI=1S/C11H14O3/c1-8(2)14-10-5-3-9(4-6-10)11(13)7-12/h3-8,11,13H,1-2H3. The average Bonchev–Trinajstić information content (AvgIpc) is 2.17. The molecule has 1 aromatic carbocycles. The summed E-state index contributed by atoms with van der Waals surface area (Å²) >= 11 is 0. The van der Waals surface area contributed by atoms with Crippen molar-refractivity contribution < 1.29 is 14.6 Å². The van der Waals surface area contributed by atoms with Crippen LogP contribution in [0, 0.1) is 0 Å². The molecule has 0 aliphatic carbocycles. The lowest BCUT2D eigenvalue weighted by molar-refractivity contribution is -0.115. The molecule has 0 amide bonds. The molecule has 0 spiro atoms. The third-order valence-electron chi connectivity index (χ3n) is 1.72. The number of rotatable bonds is 4. The molecule has 3 heteroatoms. The molecule has 0 bridgehead atoms. The minimum atomic E-state index is -1.04. The average molecular weight is 194 g/mol. The van der Waals surface area contributed by atoms with Gasteiger partial charge in [0.2, 0.25) is 0 Å². The Labute approximate surface area is 83.3 Å². The summed E-state index contributed by atoms with van der Waals surface area (Å²) in [7, 11) is 0. The van der Waals surface area contributed by atoms with E-state index < -0.39 is 6.10 Å². The summed E-state index contributed by atoms with van der Waals surface area (Å²) in [4.78, 5) is 10.3. The Kier molecular flexibility index (Phi) is 3.65. The van der Waals surface area contributed by atoms with Gasteiger partial charge in [-0.25, -0.2) is 0 Å². The van der Waals surface area contributed by atoms with Crippen molar-refractivity contribution in [3.8, 4) is 5.75 Å². The highest BCUT2D eigenvalue weighted by Crippen LogP contribution is 2.17. The number of hydrogen-bond donors (Lipinski definition) is 1. The van der Waals surface area contributed by atoms with Crippen molar-refractivity contribution >= 4 is 6.29 Å². The summed E-state index contributed by atoms with van der Waals surface area (Å²) in [6.07, 6.45) is -0.418. The quantitative estimate of drug-likeness (QED) is 0.742. The Hall–Kier alpha value is -1.35. The summed E-state index contributed by atoms with van der Waals surface area (Å²) in [5.74, 6) is 0.738. The molecule has 1 N–H and O–H groups in total. The van der Waals surface area contributed by atoms with Crippen LogP contribution in [-0.4, -0.2) is 17.5 Å². The van der Waals surface area contributed by atoms with Crippen LogP contribution in [-0.2, 0) is 4.79 Å². The van der Waals surface area contributed by atoms with E-state index in [0.717, 1.165) is 5.75 Å². The van der Waals surface area contributed by atoms with Gasteiger partial charge < -0.3 is 14.6 Å². The normalized spacial score (nSPS) is 12.6. The smallest absolute Gasteiger partial charge is 0.153 e. The second-order valence-electron chi connectivity index (χ2n) is 3.32. The van der Waals surface area contributed by atoms with E-state index in [1.54, 1.807) is 24.3 Å². The van der Waals surface area contributed by atoms with Crippen LogP contribution >= 0.6 is 0 Å². The summed E-state index contributed by atoms with van der Waals surface area (Å²) < 4.78 is 5.41. The van der Waals surface area contributed by atoms with Gasteiger partial charge in [0, 0.05) is 0 Å². The molecule has 1 unspecified atom stereocenters. The largest absolute Gasteiger partial charge is 0.491 e. The van der Waals surface area contributed by atoms with Crippen molar-refractivity contribution in [3.63, 3.8) is 0 Å². The molecule has 3 nitrogen and oxygen atoms in total. The predicted octanol–water partition coefficient (Wildman–Crippen LogP) is 1.71. The fourth-order valence-electron chi connectivity index (χ4n) is 1.09. The SMILES string of the molecule is CC(C)Oc1ccc(C(O)C=O)cc1. The number of benzene rings is 1. The molecular weight excluding hydrogens is 180 g/mol. The zero-order valence-corrected chi connectivity index (χ0v) is 8.31. The summed E-state index contributed by atoms with van der Waals surface area (Å²) in [6.45, 7) is 3.88. The van der Waals surface area contributed by atoms with Crippen molar-refractivity contribution in [1.82, 2.24) is 0 Å². The van der Waals surface area contributed by atoms with Crippen LogP contribution in [0.15, 0.2) is 24.3 Å². The fraction of sp³-hybridized carbons (Fsp3) is 0.364. The van der Waals surface area contributed by atoms with Crippen molar-refractivity contribution in [3.05, 3.63) is 29.8 Å². The number of ether oxygens (including phenoxy) is 1. The molecule has 0 saturated carbocycles. The highest BCUT2D eigenvalue weighted by Gasteiger charge is 2.05. The highest BCUT2D eigenvalue weighted by atomic mass is 16.5. The zero-order chi connectivity index (χ0) is 10.6. The van der Waals surface area contributed by atoms with E-state index >= 15 is 0 Å². The highest BCUT2D eigenvalue weighted by molar-refractivity contribution is 5.59. The van der Waals surface area contributed by atoms with Crippen LogP contribution in [0.1, 0.15) is 25.5 Å². The lowest BCUT2D eigenvalue weighted by Gasteiger charge is -2.10. The van der Waals surface area contributed by atoms with Crippen molar-refractivity contribution in [2.75, 3.05) is 0 Å². The van der Waals surface area contributed by atoms with Crippen molar-refractivity contribution in [2.45, 2.75) is 26.1 Å². The topological polar surface area (TPSA) is 46.5 Å². The van der Waals surface area contributed by atoms with Crippen LogP contribution < -0.4 is 4.74 Å². The lowest BCUT2D eigenvalue weighted by Crippen LogP contribution is -2.05. The van der Waals surface area contributed by atoms with E-state index in [-0.39, 0.29) is 6.10 Å². The van der Waals surface area contributed by atoms with E-state index in [2.05, 4.69) is 0 Å². The van der Waals surface area contributed by atoms with Gasteiger partial charge in [-0.05, 0) is 31.5 Å². The minimum absolute atomic E-state index is 0.122. The predicted molar refractivity (Wildman–Crippen MR) is 53.2 cm³/mol. The first-order valence-corrected chi connectivity index (χ1v) is 4.53. The molecule has 0 fully saturated rings. The van der Waals surface area contributed by atoms with Crippen LogP contribution in [0.25, 0.3) is 0 Å². The number of aldehydes is 1. The molecule has 1 atom stereocenters. The Balaban J connectivity index is 2.73. The van der Waals surface area contributed by atoms with Gasteiger partial charge in [0.25, 0.3) is 0 Å². The summed E-state index contributed by atoms with van der Waals surface area (Å²) in [5, 5.41) is 9.19. The minimum Gasteiger partial charge on any atom is -0.491 e. The van der Waals surface area contributed by atoms with Crippen LogP contribution in [0.4, 0.5) is 0 Å². The lowest BCUT2D eigenvalue weighted by atomic mass is 10.1. The molecule has 0 aliphatic heterocycles. The third kappa shape index (κ3) is 2.85. The number of aliphatic hydroxyl groups excluding tert-OH is 1. The number of carbonyl (C=O) groups excluding carboxylic acids is 1. The fourth-order valence-corrected chi connectivity index (χ4v) is 1.09. The molecule has 0 aliphatic rings. The second-order valence-corrected chi connectivity index (χ2v) is 3.32. The first kappa shape index (κ1) is 10.7. The Morgan fingerprint density at radius 1 is 1.29 bits per heavy atom. The zero-order valence-electron chi connectivity index (χ0n) is 8.31. The van der Waals surface area contributed by atoms with Gasteiger partial charge in [0.15, 0.2) is 6.29 Å². The number of carbonyl (C=O) groups is 1. The van der Waals surface area contributed by atoms with Crippen LogP contribution in [0.2, 0.25) is 0 Å². The first-order chi connectivity index (χ1) is 6.63. The summed E-state index contributed by atoms with van der Waals surface area (Å²) in [5.41, 5.74) is 0.580. The van der Waals surface area contributed by atoms with Gasteiger partial charge in [-0.3, -0.25) is 0 Å². The van der Waals surface area contributed by atoms with Crippen molar-refractivity contribution in [1.29, 1.82) is 0 Å². The first-order valence-electron chi connectivity index (χ1n) is 4.53. The maximum Gasteiger partial charge on any atom is 0.153 e. The Morgan fingerprint density at radius 3 is 2.29 bits per heavy atom. The van der Waals surface area contributed by atoms with Gasteiger partial charge in [0.05, 0.1) is 6.10 Å². The van der Waals surface area contributed by atoms with E-state index in [4.69, 9.17) is 4.74 Å². The molecule has 1 rings (SSSR count). The molecule has 14 heavy (non-hydrogen) atoms. The molecular formula is C11H14O3. The van der Waals surface area contributed by atoms with Crippen LogP contribution in [0.5, 0.6) is 5.75 Å². The maximum absolute atomic E-state index is 10.3. The Bertz CT molecular complexity index is 290. The van der Waals surface area contributed by atoms with Gasteiger partial charge in [0.1, 0.15) is 11.9 Å². The second kappa shape index (κ2) is 4.77. The molecule has 0 radical (unpaired) electrons. The number of aliphatic hydroxyl groups is 1. The molecule has 76 valence electrons. The van der Waals surface area contributed by atoms with Gasteiger partial charge in [-0.2, -0.15) is 0 Å². The van der Waals surface area contributed by atoms with E-state index in [1.807, 2.05) is 13.8 Å². The van der Waals surface area contributed by atoms with Gasteiger partial charge in [-0.1, -0.05) is 12.1 Å². The monoisotopic (exact) mass is 194 g/mol. The van der Waals surface area contributed by atoms with Crippen LogP contribution in [0.3, 0.4) is 0 Å². The van der Waals surface area contributed by atoms with Gasteiger partial charge >= 0.3 is 0 Å². The van der Waals surface area contributed by atoms with Gasteiger partial charge in [-0.15, -0.1) is 0 Å². The maximum atomic E-state index is 10.3.